The minimum absolute atomic E-state index is 0.119. The third-order valence-electron chi connectivity index (χ3n) is 3.07. The molecule has 2 rings (SSSR count). The van der Waals surface area contributed by atoms with Crippen molar-refractivity contribution in [1.29, 1.82) is 0 Å². The summed E-state index contributed by atoms with van der Waals surface area (Å²) >= 11 is 0. The van der Waals surface area contributed by atoms with Gasteiger partial charge in [0.15, 0.2) is 5.83 Å². The van der Waals surface area contributed by atoms with Gasteiger partial charge in [0.05, 0.1) is 0 Å². The van der Waals surface area contributed by atoms with Crippen molar-refractivity contribution in [2.24, 2.45) is 0 Å². The van der Waals surface area contributed by atoms with E-state index < -0.39 is 11.7 Å². The molecule has 0 N–H and O–H groups in total. The topological polar surface area (TPSA) is 9.23 Å². The predicted molar refractivity (Wildman–Crippen MR) is 81.7 cm³/mol. The quantitative estimate of drug-likeness (QED) is 0.637. The van der Waals surface area contributed by atoms with Crippen LogP contribution in [0.3, 0.4) is 0 Å². The van der Waals surface area contributed by atoms with Crippen LogP contribution in [0.1, 0.15) is 30.9 Å². The lowest BCUT2D eigenvalue weighted by Crippen LogP contribution is -1.87. The van der Waals surface area contributed by atoms with E-state index in [0.29, 0.717) is 17.9 Å². The van der Waals surface area contributed by atoms with E-state index in [9.17, 15) is 8.78 Å². The number of halogens is 2. The van der Waals surface area contributed by atoms with Crippen LogP contribution in [0.4, 0.5) is 8.78 Å². The van der Waals surface area contributed by atoms with Crippen LogP contribution in [0, 0.1) is 6.92 Å². The maximum Gasteiger partial charge on any atom is 0.161 e. The van der Waals surface area contributed by atoms with Crippen LogP contribution in [0.2, 0.25) is 0 Å². The van der Waals surface area contributed by atoms with Crippen LogP contribution in [0.5, 0.6) is 11.5 Å². The fourth-order valence-electron chi connectivity index (χ4n) is 1.90. The Kier molecular flexibility index (Phi) is 5.09. The van der Waals surface area contributed by atoms with Gasteiger partial charge < -0.3 is 4.74 Å². The summed E-state index contributed by atoms with van der Waals surface area (Å²) in [5, 5.41) is 0. The second kappa shape index (κ2) is 7.02. The van der Waals surface area contributed by atoms with E-state index in [1.807, 2.05) is 38.1 Å². The van der Waals surface area contributed by atoms with Crippen molar-refractivity contribution in [3.8, 4) is 11.5 Å². The molecular weight excluding hydrogens is 270 g/mol. The summed E-state index contributed by atoms with van der Waals surface area (Å²) < 4.78 is 32.9. The molecule has 2 aromatic carbocycles. The second-order valence-corrected chi connectivity index (χ2v) is 4.91. The zero-order chi connectivity index (χ0) is 15.2. The highest BCUT2D eigenvalue weighted by molar-refractivity contribution is 5.61. The van der Waals surface area contributed by atoms with Crippen LogP contribution in [-0.4, -0.2) is 0 Å². The van der Waals surface area contributed by atoms with Crippen LogP contribution < -0.4 is 4.74 Å². The minimum Gasteiger partial charge on any atom is -0.457 e. The first kappa shape index (κ1) is 15.2. The van der Waals surface area contributed by atoms with Gasteiger partial charge in [0, 0.05) is 12.0 Å². The van der Waals surface area contributed by atoms with E-state index in [2.05, 4.69) is 0 Å². The van der Waals surface area contributed by atoms with E-state index in [-0.39, 0.29) is 12.0 Å². The summed E-state index contributed by atoms with van der Waals surface area (Å²) in [5.41, 5.74) is 1.38. The van der Waals surface area contributed by atoms with Gasteiger partial charge in [0.25, 0.3) is 0 Å². The van der Waals surface area contributed by atoms with E-state index in [0.717, 1.165) is 5.56 Å². The molecule has 0 saturated heterocycles. The molecule has 21 heavy (non-hydrogen) atoms. The first-order valence-electron chi connectivity index (χ1n) is 6.99. The van der Waals surface area contributed by atoms with Crippen LogP contribution in [0.25, 0.3) is 5.83 Å². The molecule has 3 heteroatoms. The largest absolute Gasteiger partial charge is 0.457 e. The van der Waals surface area contributed by atoms with Crippen LogP contribution in [0.15, 0.2) is 54.4 Å². The average Bonchev–Trinajstić information content (AvgIpc) is 2.50. The molecule has 0 bridgehead atoms. The van der Waals surface area contributed by atoms with Crippen molar-refractivity contribution in [3.63, 3.8) is 0 Å². The van der Waals surface area contributed by atoms with Gasteiger partial charge in [-0.05, 0) is 49.7 Å². The summed E-state index contributed by atoms with van der Waals surface area (Å²) in [6.07, 6.45) is 0.696. The SMILES string of the molecule is CCCC(F)=C(F)c1ccc(Oc2ccc(C)cc2)cc1. The molecule has 0 fully saturated rings. The highest BCUT2D eigenvalue weighted by Crippen LogP contribution is 2.27. The molecule has 2 aromatic rings. The second-order valence-electron chi connectivity index (χ2n) is 4.91. The fourth-order valence-corrected chi connectivity index (χ4v) is 1.90. The van der Waals surface area contributed by atoms with Gasteiger partial charge >= 0.3 is 0 Å². The monoisotopic (exact) mass is 288 g/mol. The molecule has 110 valence electrons. The molecule has 0 aromatic heterocycles. The zero-order valence-electron chi connectivity index (χ0n) is 12.2. The summed E-state index contributed by atoms with van der Waals surface area (Å²) in [6.45, 7) is 3.81. The molecule has 1 nitrogen and oxygen atoms in total. The predicted octanol–water partition coefficient (Wildman–Crippen LogP) is 6.20. The van der Waals surface area contributed by atoms with E-state index in [4.69, 9.17) is 4.74 Å². The van der Waals surface area contributed by atoms with Gasteiger partial charge in [-0.15, -0.1) is 0 Å². The summed E-state index contributed by atoms with van der Waals surface area (Å²) in [7, 11) is 0. The normalized spacial score (nSPS) is 12.0. The molecule has 0 aliphatic heterocycles. The lowest BCUT2D eigenvalue weighted by Gasteiger charge is -2.07. The Labute approximate surface area is 123 Å². The number of rotatable bonds is 5. The van der Waals surface area contributed by atoms with E-state index >= 15 is 0 Å². The van der Waals surface area contributed by atoms with Gasteiger partial charge in [-0.1, -0.05) is 24.6 Å². The number of benzene rings is 2. The molecule has 0 heterocycles. The number of hydrogen-bond acceptors (Lipinski definition) is 1. The van der Waals surface area contributed by atoms with Crippen molar-refractivity contribution in [3.05, 3.63) is 65.5 Å². The molecule has 0 spiro atoms. The van der Waals surface area contributed by atoms with Gasteiger partial charge in [-0.25, -0.2) is 8.78 Å². The summed E-state index contributed by atoms with van der Waals surface area (Å²) in [6, 6.07) is 13.9. The molecule has 0 saturated carbocycles. The van der Waals surface area contributed by atoms with Gasteiger partial charge in [0.1, 0.15) is 17.3 Å². The van der Waals surface area contributed by atoms with Crippen molar-refractivity contribution >= 4 is 5.83 Å². The van der Waals surface area contributed by atoms with Gasteiger partial charge in [0.2, 0.25) is 0 Å². The lowest BCUT2D eigenvalue weighted by atomic mass is 10.1. The highest BCUT2D eigenvalue weighted by Gasteiger charge is 2.08. The standard InChI is InChI=1S/C18H18F2O/c1-3-4-17(19)18(20)14-7-11-16(12-8-14)21-15-9-5-13(2)6-10-15/h5-12H,3-4H2,1-2H3. The Morgan fingerprint density at radius 1 is 0.905 bits per heavy atom. The molecule has 0 unspecified atom stereocenters. The molecule has 0 radical (unpaired) electrons. The molecule has 0 aliphatic rings. The van der Waals surface area contributed by atoms with Crippen molar-refractivity contribution in [1.82, 2.24) is 0 Å². The number of allylic oxidation sites excluding steroid dienone is 1. The summed E-state index contributed by atoms with van der Waals surface area (Å²) in [5.74, 6) is -0.198. The average molecular weight is 288 g/mol. The Morgan fingerprint density at radius 3 is 1.95 bits per heavy atom. The van der Waals surface area contributed by atoms with Gasteiger partial charge in [-0.2, -0.15) is 0 Å². The Balaban J connectivity index is 2.12. The van der Waals surface area contributed by atoms with Crippen molar-refractivity contribution in [2.45, 2.75) is 26.7 Å². The van der Waals surface area contributed by atoms with Crippen LogP contribution in [-0.2, 0) is 0 Å². The fraction of sp³-hybridized carbons (Fsp3) is 0.222. The lowest BCUT2D eigenvalue weighted by molar-refractivity contribution is 0.482. The number of aryl methyl sites for hydroxylation is 1. The third kappa shape index (κ3) is 4.15. The van der Waals surface area contributed by atoms with E-state index in [1.165, 1.54) is 12.1 Å². The number of ether oxygens (including phenoxy) is 1. The van der Waals surface area contributed by atoms with Gasteiger partial charge in [-0.3, -0.25) is 0 Å². The first-order valence-corrected chi connectivity index (χ1v) is 6.99. The zero-order valence-corrected chi connectivity index (χ0v) is 12.2. The maximum absolute atomic E-state index is 13.8. The highest BCUT2D eigenvalue weighted by atomic mass is 19.2. The maximum atomic E-state index is 13.8. The van der Waals surface area contributed by atoms with Crippen LogP contribution >= 0.6 is 0 Å². The Hall–Kier alpha value is -2.16. The van der Waals surface area contributed by atoms with Crippen molar-refractivity contribution < 1.29 is 13.5 Å². The third-order valence-corrected chi connectivity index (χ3v) is 3.07. The summed E-state index contributed by atoms with van der Waals surface area (Å²) in [4.78, 5) is 0. The molecule has 0 atom stereocenters. The molecule has 0 amide bonds. The molecular formula is C18H18F2O. The van der Waals surface area contributed by atoms with Crippen molar-refractivity contribution in [2.75, 3.05) is 0 Å². The smallest absolute Gasteiger partial charge is 0.161 e. The molecule has 0 aliphatic carbocycles. The first-order chi connectivity index (χ1) is 10.1. The van der Waals surface area contributed by atoms with E-state index in [1.54, 1.807) is 12.1 Å². The Bertz CT molecular complexity index is 613. The number of hydrogen-bond donors (Lipinski definition) is 0. The minimum atomic E-state index is -0.793. The Morgan fingerprint density at radius 2 is 1.43 bits per heavy atom.